The van der Waals surface area contributed by atoms with Gasteiger partial charge in [-0.25, -0.2) is 15.2 Å². The van der Waals surface area contributed by atoms with Gasteiger partial charge in [0.15, 0.2) is 0 Å². The van der Waals surface area contributed by atoms with E-state index in [0.717, 1.165) is 13.1 Å². The molecule has 2 N–H and O–H groups in total. The van der Waals surface area contributed by atoms with Gasteiger partial charge in [0.25, 0.3) is 0 Å². The molecule has 172 valence electrons. The van der Waals surface area contributed by atoms with Crippen molar-refractivity contribution in [1.29, 1.82) is 0 Å². The second-order valence-corrected chi connectivity index (χ2v) is 9.95. The van der Waals surface area contributed by atoms with Crippen molar-refractivity contribution in [3.05, 3.63) is 0 Å². The fourth-order valence-corrected chi connectivity index (χ4v) is 6.38. The van der Waals surface area contributed by atoms with Gasteiger partial charge in [-0.2, -0.15) is 13.2 Å². The van der Waals surface area contributed by atoms with E-state index in [1.54, 1.807) is 4.90 Å². The summed E-state index contributed by atoms with van der Waals surface area (Å²) in [6.07, 6.45) is -1.63. The number of hydrogen-bond donors (Lipinski definition) is 2. The van der Waals surface area contributed by atoms with Crippen LogP contribution in [0.2, 0.25) is 0 Å². The highest BCUT2D eigenvalue weighted by Crippen LogP contribution is 2.49. The average Bonchev–Trinajstić information content (AvgIpc) is 3.24. The Balaban J connectivity index is 1.43. The van der Waals surface area contributed by atoms with Crippen molar-refractivity contribution in [1.82, 2.24) is 20.7 Å². The van der Waals surface area contributed by atoms with Gasteiger partial charge in [0.05, 0.1) is 18.8 Å². The predicted molar refractivity (Wildman–Crippen MR) is 105 cm³/mol. The van der Waals surface area contributed by atoms with E-state index in [4.69, 9.17) is 0 Å². The van der Waals surface area contributed by atoms with Crippen LogP contribution in [0.1, 0.15) is 51.9 Å². The second kappa shape index (κ2) is 8.54. The van der Waals surface area contributed by atoms with Crippen molar-refractivity contribution in [2.75, 3.05) is 20.3 Å². The zero-order valence-corrected chi connectivity index (χ0v) is 17.8. The quantitative estimate of drug-likeness (QED) is 0.667. The summed E-state index contributed by atoms with van der Waals surface area (Å²) in [6, 6.07) is -0.135. The van der Waals surface area contributed by atoms with Gasteiger partial charge in [-0.3, -0.25) is 9.69 Å². The van der Waals surface area contributed by atoms with Crippen molar-refractivity contribution in [3.8, 4) is 0 Å². The third-order valence-electron chi connectivity index (χ3n) is 8.17. The lowest BCUT2D eigenvalue weighted by Crippen LogP contribution is -2.46. The molecule has 4 fully saturated rings. The SMILES string of the molecule is C[C@@H](CC1NNCN1C)C1CC(N2CC3C(CCCC3C(F)(F)F)C2=O)CCC1F. The maximum Gasteiger partial charge on any atom is 0.392 e. The molecule has 0 aromatic heterocycles. The zero-order valence-electron chi connectivity index (χ0n) is 17.8. The van der Waals surface area contributed by atoms with E-state index in [2.05, 4.69) is 22.7 Å². The van der Waals surface area contributed by atoms with Crippen molar-refractivity contribution in [2.45, 2.75) is 76.4 Å². The Morgan fingerprint density at radius 1 is 1.20 bits per heavy atom. The van der Waals surface area contributed by atoms with E-state index in [1.807, 2.05) is 7.05 Å². The number of carbonyl (C=O) groups excluding carboxylic acids is 1. The van der Waals surface area contributed by atoms with Gasteiger partial charge >= 0.3 is 6.18 Å². The largest absolute Gasteiger partial charge is 0.392 e. The summed E-state index contributed by atoms with van der Waals surface area (Å²) in [5.41, 5.74) is 6.28. The molecule has 4 aliphatic rings. The van der Waals surface area contributed by atoms with Crippen LogP contribution in [0.4, 0.5) is 17.6 Å². The number of hydrogen-bond acceptors (Lipinski definition) is 4. The Labute approximate surface area is 175 Å². The first-order chi connectivity index (χ1) is 14.2. The molecule has 30 heavy (non-hydrogen) atoms. The molecule has 4 rings (SSSR count). The minimum absolute atomic E-state index is 0.116. The molecule has 1 amide bonds. The number of nitrogens with one attached hydrogen (secondary N) is 2. The van der Waals surface area contributed by atoms with Gasteiger partial charge in [-0.05, 0) is 63.3 Å². The summed E-state index contributed by atoms with van der Waals surface area (Å²) >= 11 is 0. The minimum Gasteiger partial charge on any atom is -0.339 e. The number of fused-ring (bicyclic) bond motifs is 1. The van der Waals surface area contributed by atoms with Gasteiger partial charge in [0.2, 0.25) is 5.91 Å². The molecule has 9 heteroatoms. The Morgan fingerprint density at radius 2 is 1.97 bits per heavy atom. The van der Waals surface area contributed by atoms with Crippen molar-refractivity contribution in [2.24, 2.45) is 29.6 Å². The van der Waals surface area contributed by atoms with Gasteiger partial charge in [0.1, 0.15) is 6.17 Å². The highest BCUT2D eigenvalue weighted by atomic mass is 19.4. The maximum atomic E-state index is 14.8. The van der Waals surface area contributed by atoms with Gasteiger partial charge in [-0.15, -0.1) is 0 Å². The van der Waals surface area contributed by atoms with E-state index in [9.17, 15) is 22.4 Å². The number of likely N-dealkylation sites (tertiary alicyclic amines) is 1. The van der Waals surface area contributed by atoms with Gasteiger partial charge in [-0.1, -0.05) is 13.3 Å². The predicted octanol–water partition coefficient (Wildman–Crippen LogP) is 3.28. The number of alkyl halides is 4. The molecule has 5 nitrogen and oxygen atoms in total. The third kappa shape index (κ3) is 4.21. The maximum absolute atomic E-state index is 14.8. The number of amides is 1. The first-order valence-corrected chi connectivity index (χ1v) is 11.4. The Hall–Kier alpha value is -0.930. The molecule has 0 aromatic rings. The van der Waals surface area contributed by atoms with Crippen LogP contribution in [-0.4, -0.2) is 60.5 Å². The molecule has 2 saturated carbocycles. The Kier molecular flexibility index (Phi) is 6.34. The minimum atomic E-state index is -4.25. The molecule has 0 bridgehead atoms. The number of hydrazine groups is 1. The number of nitrogens with zero attached hydrogens (tertiary/aromatic N) is 2. The summed E-state index contributed by atoms with van der Waals surface area (Å²) in [4.78, 5) is 16.9. The van der Waals surface area contributed by atoms with Gasteiger partial charge in [0, 0.05) is 18.5 Å². The van der Waals surface area contributed by atoms with Crippen LogP contribution >= 0.6 is 0 Å². The standard InChI is InChI=1S/C21H34F4N4O/c1-12(8-19-27-26-11-28(19)2)15-9-13(6-7-18(15)22)29-10-16-14(20(29)30)4-3-5-17(16)21(23,24)25/h12-19,26-27H,3-11H2,1-2H3/t12-,13?,14?,15?,16?,17?,18?,19?/m0/s1. The molecule has 2 aliphatic heterocycles. The molecule has 0 aromatic carbocycles. The molecular formula is C21H34F4N4O. The van der Waals surface area contributed by atoms with Crippen LogP contribution in [0.3, 0.4) is 0 Å². The molecule has 2 aliphatic carbocycles. The molecule has 7 unspecified atom stereocenters. The topological polar surface area (TPSA) is 47.6 Å². The summed E-state index contributed by atoms with van der Waals surface area (Å²) in [5, 5.41) is 0. The van der Waals surface area contributed by atoms with E-state index in [0.29, 0.717) is 32.1 Å². The van der Waals surface area contributed by atoms with Crippen LogP contribution in [0.25, 0.3) is 0 Å². The van der Waals surface area contributed by atoms with E-state index in [-0.39, 0.29) is 42.9 Å². The van der Waals surface area contributed by atoms with Crippen LogP contribution in [0.5, 0.6) is 0 Å². The fourth-order valence-electron chi connectivity index (χ4n) is 6.38. The monoisotopic (exact) mass is 434 g/mol. The molecular weight excluding hydrogens is 400 g/mol. The van der Waals surface area contributed by atoms with Crippen LogP contribution < -0.4 is 10.9 Å². The molecule has 2 saturated heterocycles. The lowest BCUT2D eigenvalue weighted by Gasteiger charge is -2.40. The van der Waals surface area contributed by atoms with E-state index in [1.165, 1.54) is 0 Å². The molecule has 8 atom stereocenters. The van der Waals surface area contributed by atoms with Gasteiger partial charge < -0.3 is 4.90 Å². The summed E-state index contributed by atoms with van der Waals surface area (Å²) in [7, 11) is 2.00. The number of carbonyl (C=O) groups is 1. The first kappa shape index (κ1) is 22.3. The Morgan fingerprint density at radius 3 is 2.63 bits per heavy atom. The highest BCUT2D eigenvalue weighted by Gasteiger charge is 2.56. The summed E-state index contributed by atoms with van der Waals surface area (Å²) in [6.45, 7) is 2.97. The fraction of sp³-hybridized carbons (Fsp3) is 0.952. The average molecular weight is 435 g/mol. The zero-order chi connectivity index (χ0) is 21.6. The third-order valence-corrected chi connectivity index (χ3v) is 8.17. The van der Waals surface area contributed by atoms with Crippen molar-refractivity contribution < 1.29 is 22.4 Å². The number of rotatable bonds is 4. The molecule has 0 radical (unpaired) electrons. The lowest BCUT2D eigenvalue weighted by molar-refractivity contribution is -0.198. The lowest BCUT2D eigenvalue weighted by atomic mass is 9.73. The molecule has 0 spiro atoms. The van der Waals surface area contributed by atoms with E-state index >= 15 is 0 Å². The summed E-state index contributed by atoms with van der Waals surface area (Å²) < 4.78 is 55.4. The van der Waals surface area contributed by atoms with Crippen LogP contribution in [-0.2, 0) is 4.79 Å². The first-order valence-electron chi connectivity index (χ1n) is 11.4. The molecule has 2 heterocycles. The summed E-state index contributed by atoms with van der Waals surface area (Å²) in [5.74, 6) is -2.70. The van der Waals surface area contributed by atoms with Crippen LogP contribution in [0, 0.1) is 29.6 Å². The Bertz CT molecular complexity index is 633. The van der Waals surface area contributed by atoms with Crippen molar-refractivity contribution in [3.63, 3.8) is 0 Å². The highest BCUT2D eigenvalue weighted by molar-refractivity contribution is 5.82. The van der Waals surface area contributed by atoms with Crippen molar-refractivity contribution >= 4 is 5.91 Å². The second-order valence-electron chi connectivity index (χ2n) is 9.95. The number of halogens is 4. The van der Waals surface area contributed by atoms with Crippen LogP contribution in [0.15, 0.2) is 0 Å². The smallest absolute Gasteiger partial charge is 0.339 e. The normalized spacial score (nSPS) is 41.9. The van der Waals surface area contributed by atoms with E-state index < -0.39 is 30.1 Å².